The van der Waals surface area contributed by atoms with Crippen molar-refractivity contribution in [2.45, 2.75) is 26.8 Å². The smallest absolute Gasteiger partial charge is 0.281 e. The molecule has 0 spiro atoms. The van der Waals surface area contributed by atoms with Crippen molar-refractivity contribution in [3.05, 3.63) is 29.1 Å². The van der Waals surface area contributed by atoms with Gasteiger partial charge >= 0.3 is 0 Å². The fourth-order valence-corrected chi connectivity index (χ4v) is 1.27. The van der Waals surface area contributed by atoms with Gasteiger partial charge in [0.05, 0.1) is 5.56 Å². The van der Waals surface area contributed by atoms with Crippen LogP contribution in [0.15, 0.2) is 12.3 Å². The van der Waals surface area contributed by atoms with E-state index in [2.05, 4.69) is 10.3 Å². The first-order chi connectivity index (χ1) is 8.45. The van der Waals surface area contributed by atoms with Crippen LogP contribution >= 0.6 is 0 Å². The highest BCUT2D eigenvalue weighted by Gasteiger charge is 2.15. The van der Waals surface area contributed by atoms with Crippen molar-refractivity contribution in [1.82, 2.24) is 10.3 Å². The first kappa shape index (κ1) is 14.0. The maximum Gasteiger partial charge on any atom is 0.281 e. The molecule has 1 aromatic rings. The third-order valence-corrected chi connectivity index (χ3v) is 2.29. The summed E-state index contributed by atoms with van der Waals surface area (Å²) in [6, 6.07) is 2.99. The molecule has 4 nitrogen and oxygen atoms in total. The van der Waals surface area contributed by atoms with Crippen LogP contribution in [0.3, 0.4) is 0 Å². The highest BCUT2D eigenvalue weighted by molar-refractivity contribution is 5.77. The number of nitrogens with zero attached hydrogens (tertiary/aromatic N) is 2. The van der Waals surface area contributed by atoms with Gasteiger partial charge in [0.2, 0.25) is 5.91 Å². The number of carbonyl (C=O) groups is 1. The normalized spacial score (nSPS) is 10.5. The van der Waals surface area contributed by atoms with Crippen molar-refractivity contribution in [3.8, 4) is 6.07 Å². The van der Waals surface area contributed by atoms with Gasteiger partial charge in [-0.25, -0.2) is 8.78 Å². The van der Waals surface area contributed by atoms with E-state index in [0.29, 0.717) is 5.56 Å². The molecule has 0 unspecified atom stereocenters. The van der Waals surface area contributed by atoms with Crippen molar-refractivity contribution in [2.75, 3.05) is 0 Å². The lowest BCUT2D eigenvalue weighted by atomic mass is 10.1. The molecule has 0 radical (unpaired) electrons. The van der Waals surface area contributed by atoms with Crippen LogP contribution in [-0.4, -0.2) is 10.9 Å². The number of hydrogen-bond donors (Lipinski definition) is 1. The second-order valence-corrected chi connectivity index (χ2v) is 4.06. The predicted octanol–water partition coefficient (Wildman–Crippen LogP) is 2.16. The zero-order valence-corrected chi connectivity index (χ0v) is 10.1. The summed E-state index contributed by atoms with van der Waals surface area (Å²) >= 11 is 0. The van der Waals surface area contributed by atoms with E-state index in [4.69, 9.17) is 5.26 Å². The van der Waals surface area contributed by atoms with Gasteiger partial charge in [-0.3, -0.25) is 9.78 Å². The Balaban J connectivity index is 2.81. The average molecular weight is 253 g/mol. The summed E-state index contributed by atoms with van der Waals surface area (Å²) in [6.07, 6.45) is -1.54. The van der Waals surface area contributed by atoms with Crippen LogP contribution in [-0.2, 0) is 11.3 Å². The van der Waals surface area contributed by atoms with Crippen LogP contribution in [0.5, 0.6) is 0 Å². The van der Waals surface area contributed by atoms with E-state index in [1.54, 1.807) is 19.9 Å². The zero-order valence-electron chi connectivity index (χ0n) is 10.1. The minimum Gasteiger partial charge on any atom is -0.352 e. The number of nitriles is 1. The van der Waals surface area contributed by atoms with Gasteiger partial charge in [0.15, 0.2) is 0 Å². The maximum absolute atomic E-state index is 12.5. The number of hydrogen-bond acceptors (Lipinski definition) is 3. The minimum absolute atomic E-state index is 0.147. The zero-order chi connectivity index (χ0) is 13.7. The average Bonchev–Trinajstić information content (AvgIpc) is 2.34. The van der Waals surface area contributed by atoms with Gasteiger partial charge in [-0.05, 0) is 11.6 Å². The van der Waals surface area contributed by atoms with Gasteiger partial charge in [-0.2, -0.15) is 5.26 Å². The summed E-state index contributed by atoms with van der Waals surface area (Å²) in [5.74, 6) is -0.305. The van der Waals surface area contributed by atoms with Gasteiger partial charge in [-0.15, -0.1) is 0 Å². The molecule has 1 heterocycles. The Hall–Kier alpha value is -2.03. The van der Waals surface area contributed by atoms with E-state index < -0.39 is 12.1 Å². The molecule has 6 heteroatoms. The van der Waals surface area contributed by atoms with Gasteiger partial charge in [0.1, 0.15) is 11.8 Å². The Morgan fingerprint density at radius 2 is 2.22 bits per heavy atom. The van der Waals surface area contributed by atoms with Crippen LogP contribution in [0, 0.1) is 17.2 Å². The van der Waals surface area contributed by atoms with Gasteiger partial charge < -0.3 is 5.32 Å². The summed E-state index contributed by atoms with van der Waals surface area (Å²) in [4.78, 5) is 14.9. The van der Waals surface area contributed by atoms with E-state index >= 15 is 0 Å². The van der Waals surface area contributed by atoms with E-state index in [0.717, 1.165) is 0 Å². The summed E-state index contributed by atoms with van der Waals surface area (Å²) in [5, 5.41) is 11.4. The lowest BCUT2D eigenvalue weighted by Crippen LogP contribution is -2.27. The molecule has 0 saturated carbocycles. The predicted molar refractivity (Wildman–Crippen MR) is 60.6 cm³/mol. The third-order valence-electron chi connectivity index (χ3n) is 2.29. The first-order valence-electron chi connectivity index (χ1n) is 5.40. The minimum atomic E-state index is -2.78. The summed E-state index contributed by atoms with van der Waals surface area (Å²) in [7, 11) is 0. The van der Waals surface area contributed by atoms with Gasteiger partial charge in [0, 0.05) is 18.7 Å². The molecular formula is C12H13F2N3O. The monoisotopic (exact) mass is 253 g/mol. The third kappa shape index (κ3) is 3.48. The Morgan fingerprint density at radius 1 is 1.56 bits per heavy atom. The van der Waals surface area contributed by atoms with Crippen molar-refractivity contribution in [1.29, 1.82) is 5.26 Å². The second-order valence-electron chi connectivity index (χ2n) is 4.06. The standard InChI is InChI=1S/C12H13F2N3O/c1-7(2)12(18)17-6-8-3-9(4-15)10(11(13)14)16-5-8/h3,5,7,11H,6H2,1-2H3,(H,17,18). The van der Waals surface area contributed by atoms with Crippen LogP contribution in [0.1, 0.15) is 37.1 Å². The van der Waals surface area contributed by atoms with Crippen molar-refractivity contribution < 1.29 is 13.6 Å². The van der Waals surface area contributed by atoms with Crippen molar-refractivity contribution >= 4 is 5.91 Å². The number of halogens is 2. The Labute approximate surface area is 104 Å². The van der Waals surface area contributed by atoms with Gasteiger partial charge in [0.25, 0.3) is 6.43 Å². The van der Waals surface area contributed by atoms with E-state index in [1.165, 1.54) is 12.3 Å². The summed E-state index contributed by atoms with van der Waals surface area (Å²) < 4.78 is 25.0. The fourth-order valence-electron chi connectivity index (χ4n) is 1.27. The van der Waals surface area contributed by atoms with Crippen LogP contribution in [0.25, 0.3) is 0 Å². The summed E-state index contributed by atoms with van der Waals surface area (Å²) in [5.41, 5.74) is -0.178. The molecule has 0 saturated heterocycles. The Bertz CT molecular complexity index is 481. The SMILES string of the molecule is CC(C)C(=O)NCc1cnc(C(F)F)c(C#N)c1. The van der Waals surface area contributed by atoms with Crippen LogP contribution < -0.4 is 5.32 Å². The molecular weight excluding hydrogens is 240 g/mol. The highest BCUT2D eigenvalue weighted by atomic mass is 19.3. The summed E-state index contributed by atoms with van der Waals surface area (Å²) in [6.45, 7) is 3.66. The quantitative estimate of drug-likeness (QED) is 0.894. The van der Waals surface area contributed by atoms with Crippen LogP contribution in [0.4, 0.5) is 8.78 Å². The number of amides is 1. The number of aromatic nitrogens is 1. The largest absolute Gasteiger partial charge is 0.352 e. The van der Waals surface area contributed by atoms with E-state index in [-0.39, 0.29) is 23.9 Å². The van der Waals surface area contributed by atoms with Crippen LogP contribution in [0.2, 0.25) is 0 Å². The van der Waals surface area contributed by atoms with E-state index in [9.17, 15) is 13.6 Å². The molecule has 0 aliphatic carbocycles. The number of carbonyl (C=O) groups excluding carboxylic acids is 1. The number of pyridine rings is 1. The number of alkyl halides is 2. The lowest BCUT2D eigenvalue weighted by Gasteiger charge is -2.08. The first-order valence-corrected chi connectivity index (χ1v) is 5.40. The van der Waals surface area contributed by atoms with E-state index in [1.807, 2.05) is 0 Å². The molecule has 0 atom stereocenters. The molecule has 1 N–H and O–H groups in total. The van der Waals surface area contributed by atoms with Gasteiger partial charge in [-0.1, -0.05) is 13.8 Å². The molecule has 0 aliphatic heterocycles. The lowest BCUT2D eigenvalue weighted by molar-refractivity contribution is -0.124. The molecule has 0 aliphatic rings. The van der Waals surface area contributed by atoms with Crippen molar-refractivity contribution in [2.24, 2.45) is 5.92 Å². The molecule has 0 bridgehead atoms. The molecule has 18 heavy (non-hydrogen) atoms. The molecule has 0 aromatic carbocycles. The molecule has 1 aromatic heterocycles. The Kier molecular flexibility index (Phi) is 4.72. The molecule has 0 fully saturated rings. The maximum atomic E-state index is 12.5. The Morgan fingerprint density at radius 3 is 2.72 bits per heavy atom. The molecule has 1 amide bonds. The number of rotatable bonds is 4. The fraction of sp³-hybridized carbons (Fsp3) is 0.417. The molecule has 1 rings (SSSR count). The molecule has 96 valence electrons. The second kappa shape index (κ2) is 6.05. The number of nitrogens with one attached hydrogen (secondary N) is 1. The van der Waals surface area contributed by atoms with Crippen molar-refractivity contribution in [3.63, 3.8) is 0 Å². The highest BCUT2D eigenvalue weighted by Crippen LogP contribution is 2.20. The topological polar surface area (TPSA) is 65.8 Å².